The number of benzene rings is 1. The lowest BCUT2D eigenvalue weighted by Gasteiger charge is -2.19. The molecule has 2 fully saturated rings. The highest BCUT2D eigenvalue weighted by molar-refractivity contribution is 7.89. The highest BCUT2D eigenvalue weighted by Crippen LogP contribution is 2.35. The number of fused-ring (bicyclic) bond motifs is 2. The largest absolute Gasteiger partial charge is 0.373 e. The van der Waals surface area contributed by atoms with Crippen LogP contribution in [0, 0.1) is 0 Å². The van der Waals surface area contributed by atoms with Crippen LogP contribution in [0.1, 0.15) is 19.3 Å². The number of rotatable bonds is 4. The summed E-state index contributed by atoms with van der Waals surface area (Å²) in [5.41, 5.74) is 0. The summed E-state index contributed by atoms with van der Waals surface area (Å²) < 4.78 is 66.8. The van der Waals surface area contributed by atoms with Gasteiger partial charge in [0.15, 0.2) is 0 Å². The maximum absolute atomic E-state index is 12.8. The van der Waals surface area contributed by atoms with Crippen LogP contribution in [0.3, 0.4) is 0 Å². The number of nitrogens with one attached hydrogen (secondary N) is 1. The molecule has 3 unspecified atom stereocenters. The Hall–Kier alpha value is -1.03. The van der Waals surface area contributed by atoms with Crippen molar-refractivity contribution in [2.24, 2.45) is 0 Å². The number of ether oxygens (including phenoxy) is 1. The van der Waals surface area contributed by atoms with E-state index in [4.69, 9.17) is 4.74 Å². The first-order valence-electron chi connectivity index (χ1n) is 6.48. The quantitative estimate of drug-likeness (QED) is 0.827. The molecule has 0 radical (unpaired) electrons. The number of sulfonamides is 1. The van der Waals surface area contributed by atoms with Gasteiger partial charge in [0.05, 0.1) is 28.0 Å². The summed E-state index contributed by atoms with van der Waals surface area (Å²) in [6.07, 6.45) is 2.43. The van der Waals surface area contributed by atoms with Gasteiger partial charge in [-0.15, -0.1) is 3.89 Å². The fraction of sp³-hybridized carbons (Fsp3) is 0.500. The molecule has 0 amide bonds. The van der Waals surface area contributed by atoms with E-state index in [0.717, 1.165) is 37.1 Å². The second-order valence-electron chi connectivity index (χ2n) is 5.25. The molecule has 3 rings (SSSR count). The van der Waals surface area contributed by atoms with Gasteiger partial charge in [-0.25, -0.2) is 13.1 Å². The third kappa shape index (κ3) is 2.96. The van der Waals surface area contributed by atoms with E-state index in [1.54, 1.807) is 0 Å². The van der Waals surface area contributed by atoms with Crippen LogP contribution in [0.4, 0.5) is 3.89 Å². The zero-order valence-electron chi connectivity index (χ0n) is 10.9. The Labute approximate surface area is 122 Å². The predicted molar refractivity (Wildman–Crippen MR) is 71.4 cm³/mol. The monoisotopic (exact) mass is 335 g/mol. The van der Waals surface area contributed by atoms with Gasteiger partial charge in [-0.05, 0) is 43.5 Å². The van der Waals surface area contributed by atoms with Gasteiger partial charge in [-0.3, -0.25) is 0 Å². The molecule has 6 nitrogen and oxygen atoms in total. The number of hydrogen-bond donors (Lipinski definition) is 1. The van der Waals surface area contributed by atoms with E-state index in [1.165, 1.54) is 0 Å². The third-order valence-electron chi connectivity index (χ3n) is 3.83. The molecule has 2 saturated heterocycles. The smallest absolute Gasteiger partial charge is 0.332 e. The summed E-state index contributed by atoms with van der Waals surface area (Å²) in [7, 11) is -8.61. The lowest BCUT2D eigenvalue weighted by atomic mass is 9.96. The zero-order chi connectivity index (χ0) is 15.3. The van der Waals surface area contributed by atoms with Crippen molar-refractivity contribution in [2.75, 3.05) is 0 Å². The molecule has 116 valence electrons. The Kier molecular flexibility index (Phi) is 3.55. The van der Waals surface area contributed by atoms with Gasteiger partial charge in [0.25, 0.3) is 0 Å². The molecule has 2 heterocycles. The van der Waals surface area contributed by atoms with Crippen molar-refractivity contribution >= 4 is 20.2 Å². The maximum Gasteiger partial charge on any atom is 0.332 e. The van der Waals surface area contributed by atoms with Crippen LogP contribution in [0.25, 0.3) is 0 Å². The maximum atomic E-state index is 12.8. The van der Waals surface area contributed by atoms with Gasteiger partial charge in [0, 0.05) is 0 Å². The Bertz CT molecular complexity index is 744. The molecule has 2 bridgehead atoms. The molecule has 0 aliphatic carbocycles. The van der Waals surface area contributed by atoms with Gasteiger partial charge in [-0.1, -0.05) is 0 Å². The van der Waals surface area contributed by atoms with Crippen LogP contribution in [0.2, 0.25) is 0 Å². The Morgan fingerprint density at radius 3 is 2.14 bits per heavy atom. The van der Waals surface area contributed by atoms with Crippen molar-refractivity contribution in [2.45, 2.75) is 47.3 Å². The first kappa shape index (κ1) is 14.9. The summed E-state index contributed by atoms with van der Waals surface area (Å²) in [5, 5.41) is 0. The van der Waals surface area contributed by atoms with Crippen molar-refractivity contribution in [1.82, 2.24) is 4.72 Å². The highest BCUT2D eigenvalue weighted by Gasteiger charge is 2.42. The molecule has 0 aromatic heterocycles. The van der Waals surface area contributed by atoms with Crippen molar-refractivity contribution in [1.29, 1.82) is 0 Å². The molecule has 1 aromatic rings. The van der Waals surface area contributed by atoms with E-state index in [9.17, 15) is 20.7 Å². The second kappa shape index (κ2) is 5.01. The second-order valence-corrected chi connectivity index (χ2v) is 8.31. The minimum atomic E-state index is -4.83. The van der Waals surface area contributed by atoms with E-state index in [0.29, 0.717) is 6.42 Å². The normalized spacial score (nSPS) is 28.9. The first-order valence-corrected chi connectivity index (χ1v) is 9.35. The van der Waals surface area contributed by atoms with Crippen molar-refractivity contribution < 1.29 is 25.5 Å². The van der Waals surface area contributed by atoms with Crippen molar-refractivity contribution in [3.8, 4) is 0 Å². The van der Waals surface area contributed by atoms with Crippen LogP contribution >= 0.6 is 0 Å². The van der Waals surface area contributed by atoms with Gasteiger partial charge < -0.3 is 4.74 Å². The minimum absolute atomic E-state index is 0.0994. The topological polar surface area (TPSA) is 89.5 Å². The first-order chi connectivity index (χ1) is 9.75. The molecular formula is C12H14FNO5S2. The molecule has 1 N–H and O–H groups in total. The lowest BCUT2D eigenvalue weighted by Crippen LogP contribution is -2.41. The predicted octanol–water partition coefficient (Wildman–Crippen LogP) is 0.943. The van der Waals surface area contributed by atoms with Gasteiger partial charge in [0.2, 0.25) is 10.0 Å². The fourth-order valence-electron chi connectivity index (χ4n) is 2.81. The van der Waals surface area contributed by atoms with Crippen LogP contribution in [0.15, 0.2) is 34.1 Å². The summed E-state index contributed by atoms with van der Waals surface area (Å²) in [5.74, 6) is 0. The molecule has 3 atom stereocenters. The third-order valence-corrected chi connectivity index (χ3v) is 6.17. The molecule has 0 spiro atoms. The summed E-state index contributed by atoms with van der Waals surface area (Å²) in [6, 6.07) is 3.74. The minimum Gasteiger partial charge on any atom is -0.373 e. The molecule has 9 heteroatoms. The van der Waals surface area contributed by atoms with Crippen LogP contribution in [-0.2, 0) is 25.0 Å². The van der Waals surface area contributed by atoms with Crippen molar-refractivity contribution in [3.05, 3.63) is 24.3 Å². The number of halogens is 1. The average Bonchev–Trinajstić information content (AvgIpc) is 2.99. The molecular weight excluding hydrogens is 321 g/mol. The molecule has 0 saturated carbocycles. The number of hydrogen-bond acceptors (Lipinski definition) is 5. The molecule has 2 aliphatic heterocycles. The lowest BCUT2D eigenvalue weighted by molar-refractivity contribution is 0.0996. The summed E-state index contributed by atoms with van der Waals surface area (Å²) >= 11 is 0. The standard InChI is InChI=1S/C12H14FNO5S2/c13-20(15,16)9-2-4-10(5-3-9)21(17,18)14-11-7-8-1-6-12(11)19-8/h2-5,8,11-12,14H,1,6-7H2. The van der Waals surface area contributed by atoms with E-state index in [-0.39, 0.29) is 23.1 Å². The Morgan fingerprint density at radius 1 is 1.05 bits per heavy atom. The van der Waals surface area contributed by atoms with Gasteiger partial charge in [0.1, 0.15) is 0 Å². The highest BCUT2D eigenvalue weighted by atomic mass is 32.3. The zero-order valence-corrected chi connectivity index (χ0v) is 12.5. The molecule has 21 heavy (non-hydrogen) atoms. The van der Waals surface area contributed by atoms with Gasteiger partial charge in [-0.2, -0.15) is 8.42 Å². The Balaban J connectivity index is 1.79. The Morgan fingerprint density at radius 2 is 1.67 bits per heavy atom. The molecule has 2 aliphatic rings. The van der Waals surface area contributed by atoms with Crippen LogP contribution < -0.4 is 4.72 Å². The average molecular weight is 335 g/mol. The molecule has 1 aromatic carbocycles. The van der Waals surface area contributed by atoms with E-state index >= 15 is 0 Å². The summed E-state index contributed by atoms with van der Waals surface area (Å²) in [6.45, 7) is 0. The van der Waals surface area contributed by atoms with E-state index < -0.39 is 25.1 Å². The SMILES string of the molecule is O=S(=O)(F)c1ccc(S(=O)(=O)NC2CC3CCC2O3)cc1. The van der Waals surface area contributed by atoms with Crippen molar-refractivity contribution in [3.63, 3.8) is 0 Å². The van der Waals surface area contributed by atoms with Gasteiger partial charge >= 0.3 is 10.2 Å². The van der Waals surface area contributed by atoms with Crippen LogP contribution in [0.5, 0.6) is 0 Å². The summed E-state index contributed by atoms with van der Waals surface area (Å²) in [4.78, 5) is -0.664. The van der Waals surface area contributed by atoms with E-state index in [2.05, 4.69) is 4.72 Å². The van der Waals surface area contributed by atoms with Crippen LogP contribution in [-0.4, -0.2) is 35.1 Å². The van der Waals surface area contributed by atoms with E-state index in [1.807, 2.05) is 0 Å². The fourth-order valence-corrected chi connectivity index (χ4v) is 4.55.